The highest BCUT2D eigenvalue weighted by molar-refractivity contribution is 5.89. The van der Waals surface area contributed by atoms with E-state index in [2.05, 4.69) is 12.2 Å². The van der Waals surface area contributed by atoms with Crippen LogP contribution in [0.3, 0.4) is 0 Å². The van der Waals surface area contributed by atoms with E-state index >= 15 is 0 Å². The average molecular weight is 268 g/mol. The van der Waals surface area contributed by atoms with Crippen LogP contribution in [0.5, 0.6) is 0 Å². The lowest BCUT2D eigenvalue weighted by Gasteiger charge is -2.26. The van der Waals surface area contributed by atoms with Gasteiger partial charge in [-0.1, -0.05) is 6.92 Å². The Kier molecular flexibility index (Phi) is 4.80. The molecule has 5 nitrogen and oxygen atoms in total. The summed E-state index contributed by atoms with van der Waals surface area (Å²) in [6.07, 6.45) is 5.35. The van der Waals surface area contributed by atoms with Crippen molar-refractivity contribution in [2.45, 2.75) is 51.2 Å². The molecule has 0 spiro atoms. The van der Waals surface area contributed by atoms with Gasteiger partial charge in [-0.3, -0.25) is 9.59 Å². The Morgan fingerprint density at radius 1 is 1.32 bits per heavy atom. The molecule has 0 radical (unpaired) electrons. The van der Waals surface area contributed by atoms with Gasteiger partial charge in [0.2, 0.25) is 11.8 Å². The molecule has 5 heteroatoms. The van der Waals surface area contributed by atoms with Gasteiger partial charge in [-0.15, -0.1) is 0 Å². The van der Waals surface area contributed by atoms with Crippen LogP contribution in [0.4, 0.5) is 0 Å². The summed E-state index contributed by atoms with van der Waals surface area (Å²) < 4.78 is 5.63. The first-order chi connectivity index (χ1) is 9.06. The molecule has 2 rings (SSSR count). The lowest BCUT2D eigenvalue weighted by Crippen LogP contribution is -2.42. The second-order valence-corrected chi connectivity index (χ2v) is 5.86. The van der Waals surface area contributed by atoms with Crippen LogP contribution in [-0.4, -0.2) is 49.1 Å². The highest BCUT2D eigenvalue weighted by Gasteiger charge is 2.30. The van der Waals surface area contributed by atoms with Crippen LogP contribution in [0.15, 0.2) is 0 Å². The van der Waals surface area contributed by atoms with Crippen LogP contribution in [-0.2, 0) is 14.3 Å². The molecule has 1 saturated heterocycles. The standard InChI is InChI=1S/C14H24N2O3/c1-10-3-5-11(6-4-10)19-9-13(17)15-12-7-8-16(2)14(12)18/h10-12H,3-9H2,1-2H3,(H,15,17). The fourth-order valence-corrected chi connectivity index (χ4v) is 2.78. The number of nitrogens with zero attached hydrogens (tertiary/aromatic N) is 1. The van der Waals surface area contributed by atoms with Crippen LogP contribution in [0.2, 0.25) is 0 Å². The number of amides is 2. The van der Waals surface area contributed by atoms with Crippen molar-refractivity contribution in [2.24, 2.45) is 5.92 Å². The van der Waals surface area contributed by atoms with Crippen molar-refractivity contribution in [1.82, 2.24) is 10.2 Å². The molecule has 1 atom stereocenters. The van der Waals surface area contributed by atoms with Crippen molar-refractivity contribution in [3.63, 3.8) is 0 Å². The van der Waals surface area contributed by atoms with E-state index in [9.17, 15) is 9.59 Å². The quantitative estimate of drug-likeness (QED) is 0.825. The number of rotatable bonds is 4. The minimum atomic E-state index is -0.354. The van der Waals surface area contributed by atoms with E-state index in [1.54, 1.807) is 11.9 Å². The molecular weight excluding hydrogens is 244 g/mol. The normalized spacial score (nSPS) is 31.6. The third-order valence-electron chi connectivity index (χ3n) is 4.18. The Balaban J connectivity index is 1.66. The molecule has 0 aromatic rings. The number of nitrogens with one attached hydrogen (secondary N) is 1. The maximum atomic E-state index is 11.8. The van der Waals surface area contributed by atoms with Gasteiger partial charge >= 0.3 is 0 Å². The summed E-state index contributed by atoms with van der Waals surface area (Å²) in [6.45, 7) is 3.04. The number of carbonyl (C=O) groups is 2. The minimum Gasteiger partial charge on any atom is -0.368 e. The number of ether oxygens (including phenoxy) is 1. The monoisotopic (exact) mass is 268 g/mol. The van der Waals surface area contributed by atoms with E-state index in [0.717, 1.165) is 18.8 Å². The molecule has 108 valence electrons. The summed E-state index contributed by atoms with van der Waals surface area (Å²) in [6, 6.07) is -0.354. The van der Waals surface area contributed by atoms with E-state index in [1.807, 2.05) is 0 Å². The first-order valence-corrected chi connectivity index (χ1v) is 7.22. The predicted molar refractivity (Wildman–Crippen MR) is 71.6 cm³/mol. The molecule has 0 aromatic carbocycles. The molecular formula is C14H24N2O3. The van der Waals surface area contributed by atoms with Crippen LogP contribution < -0.4 is 5.32 Å². The highest BCUT2D eigenvalue weighted by Crippen LogP contribution is 2.25. The van der Waals surface area contributed by atoms with Crippen molar-refractivity contribution in [2.75, 3.05) is 20.2 Å². The predicted octanol–water partition coefficient (Wildman–Crippen LogP) is 0.929. The maximum absolute atomic E-state index is 11.8. The van der Waals surface area contributed by atoms with Crippen LogP contribution in [0.1, 0.15) is 39.0 Å². The number of carbonyl (C=O) groups excluding carboxylic acids is 2. The highest BCUT2D eigenvalue weighted by atomic mass is 16.5. The summed E-state index contributed by atoms with van der Waals surface area (Å²) in [5, 5.41) is 2.75. The lowest BCUT2D eigenvalue weighted by molar-refractivity contribution is -0.134. The third-order valence-corrected chi connectivity index (χ3v) is 4.18. The molecule has 1 heterocycles. The molecule has 1 saturated carbocycles. The van der Waals surface area contributed by atoms with E-state index < -0.39 is 0 Å². The first-order valence-electron chi connectivity index (χ1n) is 7.22. The first kappa shape index (κ1) is 14.3. The van der Waals surface area contributed by atoms with Gasteiger partial charge in [0.15, 0.2) is 0 Å². The number of hydrogen-bond donors (Lipinski definition) is 1. The molecule has 19 heavy (non-hydrogen) atoms. The Morgan fingerprint density at radius 3 is 2.58 bits per heavy atom. The van der Waals surface area contributed by atoms with Crippen molar-refractivity contribution in [3.8, 4) is 0 Å². The van der Waals surface area contributed by atoms with Gasteiger partial charge in [-0.25, -0.2) is 0 Å². The summed E-state index contributed by atoms with van der Waals surface area (Å²) in [7, 11) is 1.76. The topological polar surface area (TPSA) is 58.6 Å². The van der Waals surface area contributed by atoms with Gasteiger partial charge in [-0.2, -0.15) is 0 Å². The smallest absolute Gasteiger partial charge is 0.246 e. The molecule has 1 aliphatic carbocycles. The van der Waals surface area contributed by atoms with Crippen LogP contribution in [0, 0.1) is 5.92 Å². The molecule has 2 fully saturated rings. The molecule has 2 aliphatic rings. The fraction of sp³-hybridized carbons (Fsp3) is 0.857. The van der Waals surface area contributed by atoms with Crippen molar-refractivity contribution in [1.29, 1.82) is 0 Å². The zero-order valence-corrected chi connectivity index (χ0v) is 11.9. The Labute approximate surface area is 114 Å². The van der Waals surface area contributed by atoms with E-state index in [1.165, 1.54) is 12.8 Å². The number of likely N-dealkylation sites (N-methyl/N-ethyl adjacent to an activating group) is 1. The van der Waals surface area contributed by atoms with Gasteiger partial charge in [-0.05, 0) is 38.0 Å². The maximum Gasteiger partial charge on any atom is 0.246 e. The van der Waals surface area contributed by atoms with Crippen LogP contribution >= 0.6 is 0 Å². The minimum absolute atomic E-state index is 0.000147. The molecule has 0 bridgehead atoms. The van der Waals surface area contributed by atoms with Crippen molar-refractivity contribution < 1.29 is 14.3 Å². The van der Waals surface area contributed by atoms with E-state index in [0.29, 0.717) is 13.0 Å². The number of hydrogen-bond acceptors (Lipinski definition) is 3. The zero-order valence-electron chi connectivity index (χ0n) is 11.9. The van der Waals surface area contributed by atoms with Crippen LogP contribution in [0.25, 0.3) is 0 Å². The lowest BCUT2D eigenvalue weighted by atomic mass is 9.89. The summed E-state index contributed by atoms with van der Waals surface area (Å²) in [4.78, 5) is 25.1. The SMILES string of the molecule is CC1CCC(OCC(=O)NC2CCN(C)C2=O)CC1. The Morgan fingerprint density at radius 2 is 2.00 bits per heavy atom. The van der Waals surface area contributed by atoms with E-state index in [-0.39, 0.29) is 30.6 Å². The molecule has 0 aromatic heterocycles. The van der Waals surface area contributed by atoms with Gasteiger partial charge in [0.1, 0.15) is 12.6 Å². The average Bonchev–Trinajstić information content (AvgIpc) is 2.70. The zero-order chi connectivity index (χ0) is 13.8. The summed E-state index contributed by atoms with van der Waals surface area (Å²) >= 11 is 0. The fourth-order valence-electron chi connectivity index (χ4n) is 2.78. The molecule has 1 N–H and O–H groups in total. The van der Waals surface area contributed by atoms with Gasteiger partial charge in [0.25, 0.3) is 0 Å². The van der Waals surface area contributed by atoms with Gasteiger partial charge in [0.05, 0.1) is 6.10 Å². The Bertz CT molecular complexity index is 338. The second kappa shape index (κ2) is 6.37. The van der Waals surface area contributed by atoms with Gasteiger partial charge < -0.3 is 15.0 Å². The Hall–Kier alpha value is -1.10. The number of likely N-dealkylation sites (tertiary alicyclic amines) is 1. The van der Waals surface area contributed by atoms with Crippen molar-refractivity contribution >= 4 is 11.8 Å². The third kappa shape index (κ3) is 3.93. The van der Waals surface area contributed by atoms with Gasteiger partial charge in [0, 0.05) is 13.6 Å². The molecule has 1 aliphatic heterocycles. The largest absolute Gasteiger partial charge is 0.368 e. The van der Waals surface area contributed by atoms with E-state index in [4.69, 9.17) is 4.74 Å². The summed E-state index contributed by atoms with van der Waals surface area (Å²) in [5.41, 5.74) is 0. The summed E-state index contributed by atoms with van der Waals surface area (Å²) in [5.74, 6) is 0.604. The second-order valence-electron chi connectivity index (χ2n) is 5.86. The van der Waals surface area contributed by atoms with Crippen molar-refractivity contribution in [3.05, 3.63) is 0 Å². The molecule has 2 amide bonds. The molecule has 1 unspecified atom stereocenters.